The molecule has 0 unspecified atom stereocenters. The molecule has 2 N–H and O–H groups in total. The zero-order valence-corrected chi connectivity index (χ0v) is 17.3. The van der Waals surface area contributed by atoms with Gasteiger partial charge in [-0.25, -0.2) is 14.1 Å². The second kappa shape index (κ2) is 7.49. The van der Waals surface area contributed by atoms with Crippen LogP contribution in [0.1, 0.15) is 35.7 Å². The summed E-state index contributed by atoms with van der Waals surface area (Å²) in [6.07, 6.45) is 1.62. The average Bonchev–Trinajstić information content (AvgIpc) is 3.15. The SMILES string of the molecule is Cn1nncc1N1CCn2c(nc(C(=O)NCc3ccc(F)cc3)c(O)c2=O)C1(C)C. The fraction of sp³-hybridized carbons (Fsp3) is 0.350. The van der Waals surface area contributed by atoms with E-state index in [0.717, 1.165) is 5.82 Å². The molecule has 0 atom stereocenters. The fourth-order valence-corrected chi connectivity index (χ4v) is 3.78. The number of carbonyl (C=O) groups excluding carboxylic acids is 1. The maximum Gasteiger partial charge on any atom is 0.296 e. The van der Waals surface area contributed by atoms with Gasteiger partial charge in [0.15, 0.2) is 5.69 Å². The zero-order chi connectivity index (χ0) is 22.3. The third-order valence-electron chi connectivity index (χ3n) is 5.46. The quantitative estimate of drug-likeness (QED) is 0.635. The molecule has 0 spiro atoms. The highest BCUT2D eigenvalue weighted by Gasteiger charge is 2.40. The molecule has 3 heterocycles. The largest absolute Gasteiger partial charge is 0.501 e. The summed E-state index contributed by atoms with van der Waals surface area (Å²) in [4.78, 5) is 31.9. The lowest BCUT2D eigenvalue weighted by Crippen LogP contribution is -2.53. The van der Waals surface area contributed by atoms with E-state index in [9.17, 15) is 19.1 Å². The predicted octanol–water partition coefficient (Wildman–Crippen LogP) is 0.902. The van der Waals surface area contributed by atoms with E-state index in [-0.39, 0.29) is 24.6 Å². The number of hydrogen-bond donors (Lipinski definition) is 2. The molecular weight excluding hydrogens is 405 g/mol. The van der Waals surface area contributed by atoms with Crippen LogP contribution in [0.25, 0.3) is 0 Å². The third kappa shape index (κ3) is 3.51. The minimum atomic E-state index is -0.785. The molecule has 0 fully saturated rings. The topological polar surface area (TPSA) is 118 Å². The minimum absolute atomic E-state index is 0.0921. The lowest BCUT2D eigenvalue weighted by molar-refractivity contribution is 0.0941. The van der Waals surface area contributed by atoms with Crippen LogP contribution in [0, 0.1) is 5.82 Å². The number of aryl methyl sites for hydroxylation is 1. The number of rotatable bonds is 4. The first-order valence-corrected chi connectivity index (χ1v) is 9.69. The Kier molecular flexibility index (Phi) is 4.96. The van der Waals surface area contributed by atoms with Crippen molar-refractivity contribution in [3.63, 3.8) is 0 Å². The van der Waals surface area contributed by atoms with Crippen molar-refractivity contribution < 1.29 is 14.3 Å². The first-order valence-electron chi connectivity index (χ1n) is 9.69. The Morgan fingerprint density at radius 1 is 1.26 bits per heavy atom. The van der Waals surface area contributed by atoms with Gasteiger partial charge in [-0.2, -0.15) is 0 Å². The number of nitrogens with zero attached hydrogens (tertiary/aromatic N) is 6. The monoisotopic (exact) mass is 427 g/mol. The van der Waals surface area contributed by atoms with Gasteiger partial charge in [-0.3, -0.25) is 14.2 Å². The maximum atomic E-state index is 13.1. The second-order valence-corrected chi connectivity index (χ2v) is 7.83. The molecule has 0 saturated carbocycles. The fourth-order valence-electron chi connectivity index (χ4n) is 3.78. The summed E-state index contributed by atoms with van der Waals surface area (Å²) in [7, 11) is 1.76. The third-order valence-corrected chi connectivity index (χ3v) is 5.46. The smallest absolute Gasteiger partial charge is 0.296 e. The highest BCUT2D eigenvalue weighted by atomic mass is 19.1. The van der Waals surface area contributed by atoms with Gasteiger partial charge in [0, 0.05) is 26.7 Å². The number of halogens is 1. The molecule has 0 aliphatic carbocycles. The van der Waals surface area contributed by atoms with Gasteiger partial charge in [0.05, 0.1) is 11.7 Å². The van der Waals surface area contributed by atoms with E-state index >= 15 is 0 Å². The van der Waals surface area contributed by atoms with Crippen LogP contribution >= 0.6 is 0 Å². The van der Waals surface area contributed by atoms with Crippen LogP contribution in [0.4, 0.5) is 10.2 Å². The van der Waals surface area contributed by atoms with E-state index in [1.54, 1.807) is 17.9 Å². The highest BCUT2D eigenvalue weighted by molar-refractivity contribution is 5.94. The Balaban J connectivity index is 1.68. The number of nitrogens with one attached hydrogen (secondary N) is 1. The van der Waals surface area contributed by atoms with Crippen molar-refractivity contribution in [3.8, 4) is 5.75 Å². The van der Waals surface area contributed by atoms with E-state index in [2.05, 4.69) is 20.6 Å². The van der Waals surface area contributed by atoms with Gasteiger partial charge < -0.3 is 15.3 Å². The number of amides is 1. The van der Waals surface area contributed by atoms with Crippen molar-refractivity contribution >= 4 is 11.7 Å². The highest BCUT2D eigenvalue weighted by Crippen LogP contribution is 2.34. The van der Waals surface area contributed by atoms with Crippen molar-refractivity contribution in [1.29, 1.82) is 0 Å². The summed E-state index contributed by atoms with van der Waals surface area (Å²) in [6, 6.07) is 5.64. The van der Waals surface area contributed by atoms with E-state index in [1.165, 1.54) is 28.8 Å². The second-order valence-electron chi connectivity index (χ2n) is 7.83. The molecule has 0 bridgehead atoms. The van der Waals surface area contributed by atoms with Crippen molar-refractivity contribution in [2.45, 2.75) is 32.5 Å². The van der Waals surface area contributed by atoms with Crippen LogP contribution in [0.3, 0.4) is 0 Å². The van der Waals surface area contributed by atoms with Gasteiger partial charge in [0.2, 0.25) is 5.75 Å². The maximum absolute atomic E-state index is 13.1. The van der Waals surface area contributed by atoms with Crippen molar-refractivity contribution in [2.75, 3.05) is 11.4 Å². The van der Waals surface area contributed by atoms with Gasteiger partial charge in [-0.05, 0) is 31.5 Å². The Morgan fingerprint density at radius 2 is 1.97 bits per heavy atom. The summed E-state index contributed by atoms with van der Waals surface area (Å²) in [6.45, 7) is 4.58. The molecule has 162 valence electrons. The number of carbonyl (C=O) groups is 1. The molecule has 1 aliphatic rings. The first kappa shape index (κ1) is 20.5. The standard InChI is InChI=1S/C20H22FN7O3/c1-20(2)19-24-15(17(30)22-10-12-4-6-13(21)7-5-12)16(29)18(31)27(19)8-9-28(20)14-11-23-25-26(14)3/h4-7,11,29H,8-10H2,1-3H3,(H,22,30). The molecule has 4 rings (SSSR count). The number of aromatic hydroxyl groups is 1. The molecule has 31 heavy (non-hydrogen) atoms. The predicted molar refractivity (Wildman–Crippen MR) is 109 cm³/mol. The van der Waals surface area contributed by atoms with Crippen molar-refractivity contribution in [3.05, 3.63) is 63.7 Å². The summed E-state index contributed by atoms with van der Waals surface area (Å²) < 4.78 is 16.1. The van der Waals surface area contributed by atoms with Crippen LogP contribution in [-0.2, 0) is 25.7 Å². The van der Waals surface area contributed by atoms with Gasteiger partial charge in [0.1, 0.15) is 17.5 Å². The van der Waals surface area contributed by atoms with E-state index in [4.69, 9.17) is 0 Å². The first-order chi connectivity index (χ1) is 14.7. The molecule has 11 heteroatoms. The van der Waals surface area contributed by atoms with Crippen LogP contribution < -0.4 is 15.8 Å². The number of fused-ring (bicyclic) bond motifs is 1. The summed E-state index contributed by atoms with van der Waals surface area (Å²) in [5.41, 5.74) is -1.14. The normalized spacial score (nSPS) is 14.9. The van der Waals surface area contributed by atoms with E-state index in [1.807, 2.05) is 18.7 Å². The summed E-state index contributed by atoms with van der Waals surface area (Å²) >= 11 is 0. The summed E-state index contributed by atoms with van der Waals surface area (Å²) in [5.74, 6) is -0.702. The number of anilines is 1. The van der Waals surface area contributed by atoms with Crippen LogP contribution in [0.5, 0.6) is 5.75 Å². The number of hydrogen-bond acceptors (Lipinski definition) is 7. The van der Waals surface area contributed by atoms with Gasteiger partial charge in [-0.15, -0.1) is 5.10 Å². The Hall–Kier alpha value is -3.76. The lowest BCUT2D eigenvalue weighted by Gasteiger charge is -2.43. The molecule has 2 aromatic heterocycles. The molecule has 1 aliphatic heterocycles. The molecule has 3 aromatic rings. The van der Waals surface area contributed by atoms with Gasteiger partial charge in [-0.1, -0.05) is 17.3 Å². The number of benzene rings is 1. The van der Waals surface area contributed by atoms with Crippen molar-refractivity contribution in [1.82, 2.24) is 29.9 Å². The lowest BCUT2D eigenvalue weighted by atomic mass is 9.98. The molecule has 0 saturated heterocycles. The molecule has 0 radical (unpaired) electrons. The van der Waals surface area contributed by atoms with E-state index < -0.39 is 22.8 Å². The van der Waals surface area contributed by atoms with Gasteiger partial charge >= 0.3 is 0 Å². The zero-order valence-electron chi connectivity index (χ0n) is 17.3. The van der Waals surface area contributed by atoms with Crippen LogP contribution in [0.2, 0.25) is 0 Å². The number of aromatic nitrogens is 5. The molecule has 1 amide bonds. The molecular formula is C20H22FN7O3. The van der Waals surface area contributed by atoms with Crippen LogP contribution in [-0.4, -0.2) is 42.1 Å². The Bertz CT molecular complexity index is 1200. The Labute approximate surface area is 176 Å². The van der Waals surface area contributed by atoms with Crippen LogP contribution in [0.15, 0.2) is 35.3 Å². The average molecular weight is 427 g/mol. The Morgan fingerprint density at radius 3 is 2.61 bits per heavy atom. The molecule has 10 nitrogen and oxygen atoms in total. The molecule has 1 aromatic carbocycles. The minimum Gasteiger partial charge on any atom is -0.501 e. The van der Waals surface area contributed by atoms with Crippen molar-refractivity contribution in [2.24, 2.45) is 7.05 Å². The van der Waals surface area contributed by atoms with Gasteiger partial charge in [0.25, 0.3) is 11.5 Å². The summed E-state index contributed by atoms with van der Waals surface area (Å²) in [5, 5.41) is 20.9. The van der Waals surface area contributed by atoms with E-state index in [0.29, 0.717) is 17.9 Å².